The number of carbonyl (C=O) groups excluding carboxylic acids is 2. The number of benzene rings is 1. The van der Waals surface area contributed by atoms with Crippen LogP contribution in [0, 0.1) is 0 Å². The van der Waals surface area contributed by atoms with Crippen molar-refractivity contribution < 1.29 is 32.6 Å². The van der Waals surface area contributed by atoms with Crippen LogP contribution in [0.4, 0.5) is 13.2 Å². The summed E-state index contributed by atoms with van der Waals surface area (Å²) in [4.78, 5) is 23.7. The van der Waals surface area contributed by atoms with E-state index in [1.165, 1.54) is 24.3 Å². The van der Waals surface area contributed by atoms with Crippen LogP contribution in [0.1, 0.15) is 16.8 Å². The topological polar surface area (TPSA) is 92.9 Å². The fourth-order valence-electron chi connectivity index (χ4n) is 2.23. The first-order valence-corrected chi connectivity index (χ1v) is 6.72. The van der Waals surface area contributed by atoms with Crippen LogP contribution in [0.5, 0.6) is 5.75 Å². The minimum atomic E-state index is -4.78. The van der Waals surface area contributed by atoms with Crippen molar-refractivity contribution in [3.05, 3.63) is 29.8 Å². The normalized spacial score (nSPS) is 21.3. The number of halogens is 3. The van der Waals surface area contributed by atoms with E-state index < -0.39 is 36.6 Å². The summed E-state index contributed by atoms with van der Waals surface area (Å²) in [7, 11) is 0. The molecule has 9 heteroatoms. The Morgan fingerprint density at radius 2 is 1.91 bits per heavy atom. The van der Waals surface area contributed by atoms with E-state index in [-0.39, 0.29) is 18.7 Å². The highest BCUT2D eigenvalue weighted by Crippen LogP contribution is 2.38. The van der Waals surface area contributed by atoms with Crippen LogP contribution in [0.15, 0.2) is 24.3 Å². The Bertz CT molecular complexity index is 603. The van der Waals surface area contributed by atoms with Crippen LogP contribution < -0.4 is 10.5 Å². The molecule has 23 heavy (non-hydrogen) atoms. The monoisotopic (exact) mass is 332 g/mol. The number of likely N-dealkylation sites (tertiary alicyclic amines) is 1. The molecule has 3 N–H and O–H groups in total. The Morgan fingerprint density at radius 3 is 2.39 bits per heavy atom. The average molecular weight is 332 g/mol. The van der Waals surface area contributed by atoms with Gasteiger partial charge in [-0.3, -0.25) is 9.59 Å². The number of alkyl halides is 3. The smallest absolute Gasteiger partial charge is 0.419 e. The third-order valence-electron chi connectivity index (χ3n) is 3.54. The quantitative estimate of drug-likeness (QED) is 0.848. The largest absolute Gasteiger partial charge is 0.484 e. The number of hydrogen-bond acceptors (Lipinski definition) is 4. The van der Waals surface area contributed by atoms with Gasteiger partial charge in [0.15, 0.2) is 12.2 Å². The zero-order valence-corrected chi connectivity index (χ0v) is 12.0. The summed E-state index contributed by atoms with van der Waals surface area (Å²) in [5, 5.41) is 9.58. The minimum absolute atomic E-state index is 0.155. The SMILES string of the molecule is NC(=O)COc1ccc(C(=O)N2CCC(O)(C(F)(F)F)C2)cc1. The van der Waals surface area contributed by atoms with Crippen molar-refractivity contribution in [2.45, 2.75) is 18.2 Å². The molecule has 1 aromatic rings. The highest BCUT2D eigenvalue weighted by molar-refractivity contribution is 5.94. The van der Waals surface area contributed by atoms with Crippen molar-refractivity contribution in [1.82, 2.24) is 4.90 Å². The van der Waals surface area contributed by atoms with Crippen molar-refractivity contribution in [2.24, 2.45) is 5.73 Å². The van der Waals surface area contributed by atoms with E-state index in [9.17, 15) is 27.9 Å². The molecule has 6 nitrogen and oxygen atoms in total. The van der Waals surface area contributed by atoms with Gasteiger partial charge in [0, 0.05) is 18.5 Å². The summed E-state index contributed by atoms with van der Waals surface area (Å²) in [6, 6.07) is 5.54. The zero-order valence-electron chi connectivity index (χ0n) is 12.0. The molecular weight excluding hydrogens is 317 g/mol. The maximum atomic E-state index is 12.7. The van der Waals surface area contributed by atoms with Crippen LogP contribution >= 0.6 is 0 Å². The summed E-state index contributed by atoms with van der Waals surface area (Å²) in [5.41, 5.74) is 2.21. The highest BCUT2D eigenvalue weighted by atomic mass is 19.4. The van der Waals surface area contributed by atoms with E-state index in [4.69, 9.17) is 10.5 Å². The number of nitrogens with two attached hydrogens (primary N) is 1. The Kier molecular flexibility index (Phi) is 4.51. The highest BCUT2D eigenvalue weighted by Gasteiger charge is 2.57. The van der Waals surface area contributed by atoms with Crippen molar-refractivity contribution in [3.8, 4) is 5.75 Å². The number of hydrogen-bond donors (Lipinski definition) is 2. The van der Waals surface area contributed by atoms with Crippen molar-refractivity contribution >= 4 is 11.8 Å². The van der Waals surface area contributed by atoms with Gasteiger partial charge in [-0.15, -0.1) is 0 Å². The lowest BCUT2D eigenvalue weighted by Gasteiger charge is -2.25. The van der Waals surface area contributed by atoms with Crippen molar-refractivity contribution in [3.63, 3.8) is 0 Å². The summed E-state index contributed by atoms with van der Waals surface area (Å²) >= 11 is 0. The Labute approximate surface area is 129 Å². The summed E-state index contributed by atoms with van der Waals surface area (Å²) < 4.78 is 43.3. The van der Waals surface area contributed by atoms with E-state index in [1.807, 2.05) is 0 Å². The van der Waals surface area contributed by atoms with Gasteiger partial charge >= 0.3 is 6.18 Å². The van der Waals surface area contributed by atoms with Crippen LogP contribution in [0.3, 0.4) is 0 Å². The third-order valence-corrected chi connectivity index (χ3v) is 3.54. The van der Waals surface area contributed by atoms with Crippen LogP contribution in [0.2, 0.25) is 0 Å². The molecule has 2 amide bonds. The first-order chi connectivity index (χ1) is 10.6. The zero-order chi connectivity index (χ0) is 17.3. The van der Waals surface area contributed by atoms with Gasteiger partial charge in [-0.2, -0.15) is 13.2 Å². The molecule has 126 valence electrons. The number of carbonyl (C=O) groups is 2. The van der Waals surface area contributed by atoms with Gasteiger partial charge in [0.25, 0.3) is 11.8 Å². The Morgan fingerprint density at radius 1 is 1.30 bits per heavy atom. The molecule has 0 radical (unpaired) electrons. The van der Waals surface area contributed by atoms with Crippen molar-refractivity contribution in [2.75, 3.05) is 19.7 Å². The van der Waals surface area contributed by atoms with Crippen molar-refractivity contribution in [1.29, 1.82) is 0 Å². The fourth-order valence-corrected chi connectivity index (χ4v) is 2.23. The number of rotatable bonds is 4. The number of primary amides is 1. The standard InChI is InChI=1S/C14H15F3N2O4/c15-14(16,17)13(22)5-6-19(8-13)12(21)9-1-3-10(4-2-9)23-7-11(18)20/h1-4,22H,5-8H2,(H2,18,20). The second-order valence-corrected chi connectivity index (χ2v) is 5.29. The molecular formula is C14H15F3N2O4. The molecule has 0 aliphatic carbocycles. The fraction of sp³-hybridized carbons (Fsp3) is 0.429. The molecule has 1 unspecified atom stereocenters. The van der Waals surface area contributed by atoms with Gasteiger partial charge in [0.05, 0.1) is 6.54 Å². The molecule has 0 bridgehead atoms. The predicted octanol–water partition coefficient (Wildman–Crippen LogP) is 0.690. The Balaban J connectivity index is 2.03. The van der Waals surface area contributed by atoms with E-state index >= 15 is 0 Å². The molecule has 1 aliphatic rings. The lowest BCUT2D eigenvalue weighted by molar-refractivity contribution is -0.253. The molecule has 1 aliphatic heterocycles. The lowest BCUT2D eigenvalue weighted by Crippen LogP contribution is -2.48. The molecule has 0 saturated carbocycles. The Hall–Kier alpha value is -2.29. The first-order valence-electron chi connectivity index (χ1n) is 6.72. The van der Waals surface area contributed by atoms with E-state index in [1.54, 1.807) is 0 Å². The summed E-state index contributed by atoms with van der Waals surface area (Å²) in [5.74, 6) is -0.978. The molecule has 1 saturated heterocycles. The van der Waals surface area contributed by atoms with Crippen LogP contribution in [-0.4, -0.2) is 53.3 Å². The van der Waals surface area contributed by atoms with Gasteiger partial charge in [0.1, 0.15) is 5.75 Å². The van der Waals surface area contributed by atoms with E-state index in [0.29, 0.717) is 5.75 Å². The maximum absolute atomic E-state index is 12.7. The second kappa shape index (κ2) is 6.07. The van der Waals surface area contributed by atoms with Gasteiger partial charge in [-0.25, -0.2) is 0 Å². The summed E-state index contributed by atoms with van der Waals surface area (Å²) in [6.45, 7) is -1.30. The van der Waals surface area contributed by atoms with Crippen LogP contribution in [-0.2, 0) is 4.79 Å². The second-order valence-electron chi connectivity index (χ2n) is 5.29. The summed E-state index contributed by atoms with van der Waals surface area (Å²) in [6.07, 6.45) is -5.34. The number of nitrogens with zero attached hydrogens (tertiary/aromatic N) is 1. The number of β-amino-alcohol motifs (C(OH)–C–C–N with tert-alkyl or cyclic N) is 1. The molecule has 1 atom stereocenters. The number of amides is 2. The van der Waals surface area contributed by atoms with Gasteiger partial charge in [0.2, 0.25) is 0 Å². The minimum Gasteiger partial charge on any atom is -0.484 e. The third kappa shape index (κ3) is 3.73. The molecule has 1 aromatic carbocycles. The molecule has 2 rings (SSSR count). The molecule has 1 heterocycles. The van der Waals surface area contributed by atoms with Gasteiger partial charge < -0.3 is 20.5 Å². The van der Waals surface area contributed by atoms with Gasteiger partial charge in [-0.1, -0.05) is 0 Å². The van der Waals surface area contributed by atoms with E-state index in [2.05, 4.69) is 0 Å². The maximum Gasteiger partial charge on any atom is 0.419 e. The first kappa shape index (κ1) is 17.1. The van der Waals surface area contributed by atoms with Crippen LogP contribution in [0.25, 0.3) is 0 Å². The average Bonchev–Trinajstić information content (AvgIpc) is 2.88. The molecule has 0 aromatic heterocycles. The lowest BCUT2D eigenvalue weighted by atomic mass is 10.0. The van der Waals surface area contributed by atoms with Gasteiger partial charge in [-0.05, 0) is 24.3 Å². The molecule has 1 fully saturated rings. The number of aliphatic hydroxyl groups is 1. The number of ether oxygens (including phenoxy) is 1. The predicted molar refractivity (Wildman–Crippen MR) is 72.7 cm³/mol. The van der Waals surface area contributed by atoms with E-state index in [0.717, 1.165) is 4.90 Å². The molecule has 0 spiro atoms.